The van der Waals surface area contributed by atoms with E-state index in [4.69, 9.17) is 9.47 Å². The lowest BCUT2D eigenvalue weighted by Gasteiger charge is -2.25. The van der Waals surface area contributed by atoms with Crippen LogP contribution in [0, 0.1) is 0 Å². The predicted molar refractivity (Wildman–Crippen MR) is 88.2 cm³/mol. The van der Waals surface area contributed by atoms with E-state index in [1.807, 2.05) is 19.1 Å². The minimum atomic E-state index is 0.481. The maximum absolute atomic E-state index is 5.42. The van der Waals surface area contributed by atoms with E-state index in [1.165, 1.54) is 5.56 Å². The second-order valence-electron chi connectivity index (χ2n) is 5.29. The molecule has 21 heavy (non-hydrogen) atoms. The molecule has 1 unspecified atom stereocenters. The van der Waals surface area contributed by atoms with Gasteiger partial charge in [-0.05, 0) is 38.9 Å². The monoisotopic (exact) mass is 294 g/mol. The highest BCUT2D eigenvalue weighted by Crippen LogP contribution is 2.19. The van der Waals surface area contributed by atoms with Gasteiger partial charge in [-0.3, -0.25) is 0 Å². The Morgan fingerprint density at radius 1 is 1.24 bits per heavy atom. The Hall–Kier alpha value is -1.10. The highest BCUT2D eigenvalue weighted by atomic mass is 16.5. The molecule has 1 aromatic carbocycles. The molecule has 1 aromatic rings. The van der Waals surface area contributed by atoms with Gasteiger partial charge in [-0.25, -0.2) is 0 Å². The Balaban J connectivity index is 2.29. The van der Waals surface area contributed by atoms with Crippen molar-refractivity contribution in [3.05, 3.63) is 29.8 Å². The number of para-hydroxylation sites is 1. The van der Waals surface area contributed by atoms with Crippen molar-refractivity contribution in [2.24, 2.45) is 0 Å². The van der Waals surface area contributed by atoms with Gasteiger partial charge >= 0.3 is 0 Å². The van der Waals surface area contributed by atoms with Crippen molar-refractivity contribution < 1.29 is 9.47 Å². The van der Waals surface area contributed by atoms with Crippen LogP contribution in [-0.2, 0) is 11.2 Å². The number of methoxy groups -OCH3 is 1. The van der Waals surface area contributed by atoms with Crippen molar-refractivity contribution in [1.82, 2.24) is 10.2 Å². The van der Waals surface area contributed by atoms with Crippen LogP contribution in [0.3, 0.4) is 0 Å². The number of nitrogens with one attached hydrogen (secondary N) is 1. The molecule has 1 rings (SSSR count). The summed E-state index contributed by atoms with van der Waals surface area (Å²) >= 11 is 0. The van der Waals surface area contributed by atoms with Crippen molar-refractivity contribution in [3.8, 4) is 5.75 Å². The fraction of sp³-hybridized carbons (Fsp3) is 0.647. The quantitative estimate of drug-likeness (QED) is 0.634. The standard InChI is InChI=1S/C17H30N2O2/c1-5-21-13-11-18-10-12-19(3)15(2)14-16-8-6-7-9-17(16)20-4/h6-9,15,18H,5,10-14H2,1-4H3. The highest BCUT2D eigenvalue weighted by molar-refractivity contribution is 5.33. The molecule has 0 aromatic heterocycles. The van der Waals surface area contributed by atoms with Crippen molar-refractivity contribution in [2.75, 3.05) is 47.0 Å². The largest absolute Gasteiger partial charge is 0.496 e. The first-order chi connectivity index (χ1) is 10.2. The Labute approximate surface area is 129 Å². The number of hydrogen-bond donors (Lipinski definition) is 1. The average Bonchev–Trinajstić information content (AvgIpc) is 2.51. The number of ether oxygens (including phenoxy) is 2. The molecule has 0 aliphatic heterocycles. The first-order valence-corrected chi connectivity index (χ1v) is 7.79. The van der Waals surface area contributed by atoms with Crippen LogP contribution in [0.5, 0.6) is 5.75 Å². The molecular weight excluding hydrogens is 264 g/mol. The molecule has 0 heterocycles. The molecule has 0 radical (unpaired) electrons. The lowest BCUT2D eigenvalue weighted by atomic mass is 10.1. The van der Waals surface area contributed by atoms with E-state index in [1.54, 1.807) is 7.11 Å². The Morgan fingerprint density at radius 3 is 2.71 bits per heavy atom. The zero-order valence-electron chi connectivity index (χ0n) is 13.9. The SMILES string of the molecule is CCOCCNCCN(C)C(C)Cc1ccccc1OC. The summed E-state index contributed by atoms with van der Waals surface area (Å²) in [6, 6.07) is 8.73. The van der Waals surface area contributed by atoms with Crippen molar-refractivity contribution in [2.45, 2.75) is 26.3 Å². The molecule has 0 aliphatic rings. The first kappa shape index (κ1) is 18.0. The van der Waals surface area contributed by atoms with Crippen LogP contribution in [0.1, 0.15) is 19.4 Å². The van der Waals surface area contributed by atoms with Gasteiger partial charge in [-0.15, -0.1) is 0 Å². The Morgan fingerprint density at radius 2 is 2.00 bits per heavy atom. The number of rotatable bonds is 11. The van der Waals surface area contributed by atoms with E-state index >= 15 is 0 Å². The normalized spacial score (nSPS) is 12.6. The van der Waals surface area contributed by atoms with Crippen LogP contribution in [0.2, 0.25) is 0 Å². The summed E-state index contributed by atoms with van der Waals surface area (Å²) in [6.45, 7) is 8.79. The van der Waals surface area contributed by atoms with E-state index in [9.17, 15) is 0 Å². The summed E-state index contributed by atoms with van der Waals surface area (Å²) in [5, 5.41) is 3.40. The van der Waals surface area contributed by atoms with Gasteiger partial charge in [0.1, 0.15) is 5.75 Å². The number of likely N-dealkylation sites (N-methyl/N-ethyl adjacent to an activating group) is 1. The van der Waals surface area contributed by atoms with Gasteiger partial charge in [0.05, 0.1) is 13.7 Å². The zero-order chi connectivity index (χ0) is 15.5. The topological polar surface area (TPSA) is 33.7 Å². The van der Waals surface area contributed by atoms with Crippen molar-refractivity contribution >= 4 is 0 Å². The fourth-order valence-corrected chi connectivity index (χ4v) is 2.24. The molecule has 0 aliphatic carbocycles. The van der Waals surface area contributed by atoms with E-state index < -0.39 is 0 Å². The summed E-state index contributed by atoms with van der Waals surface area (Å²) in [7, 11) is 3.90. The van der Waals surface area contributed by atoms with Crippen LogP contribution in [0.15, 0.2) is 24.3 Å². The molecule has 0 saturated heterocycles. The number of hydrogen-bond acceptors (Lipinski definition) is 4. The second-order valence-corrected chi connectivity index (χ2v) is 5.29. The predicted octanol–water partition coefficient (Wildman–Crippen LogP) is 2.18. The molecule has 0 saturated carbocycles. The third-order valence-electron chi connectivity index (χ3n) is 3.73. The Bertz CT molecular complexity index is 385. The summed E-state index contributed by atoms with van der Waals surface area (Å²) < 4.78 is 10.7. The van der Waals surface area contributed by atoms with Gasteiger partial charge in [0.25, 0.3) is 0 Å². The van der Waals surface area contributed by atoms with Crippen molar-refractivity contribution in [3.63, 3.8) is 0 Å². The molecule has 0 spiro atoms. The third-order valence-corrected chi connectivity index (χ3v) is 3.73. The van der Waals surface area contributed by atoms with E-state index in [0.717, 1.165) is 45.0 Å². The maximum Gasteiger partial charge on any atom is 0.122 e. The maximum atomic E-state index is 5.42. The summed E-state index contributed by atoms with van der Waals surface area (Å²) in [4.78, 5) is 2.38. The molecule has 0 fully saturated rings. The van der Waals surface area contributed by atoms with Crippen LogP contribution < -0.4 is 10.1 Å². The third kappa shape index (κ3) is 6.93. The van der Waals surface area contributed by atoms with Gasteiger partial charge in [0.15, 0.2) is 0 Å². The number of benzene rings is 1. The molecule has 0 bridgehead atoms. The van der Waals surface area contributed by atoms with Crippen LogP contribution >= 0.6 is 0 Å². The summed E-state index contributed by atoms with van der Waals surface area (Å²) in [5.74, 6) is 0.979. The first-order valence-electron chi connectivity index (χ1n) is 7.79. The van der Waals surface area contributed by atoms with Gasteiger partial charge in [0, 0.05) is 32.3 Å². The lowest BCUT2D eigenvalue weighted by Crippen LogP contribution is -2.37. The van der Waals surface area contributed by atoms with Crippen LogP contribution in [0.4, 0.5) is 0 Å². The minimum absolute atomic E-state index is 0.481. The smallest absolute Gasteiger partial charge is 0.122 e. The van der Waals surface area contributed by atoms with Crippen molar-refractivity contribution in [1.29, 1.82) is 0 Å². The molecule has 0 amide bonds. The molecule has 1 N–H and O–H groups in total. The van der Waals surface area contributed by atoms with E-state index in [0.29, 0.717) is 6.04 Å². The van der Waals surface area contributed by atoms with E-state index in [2.05, 4.69) is 36.3 Å². The second kappa shape index (κ2) is 10.6. The lowest BCUT2D eigenvalue weighted by molar-refractivity contribution is 0.148. The van der Waals surface area contributed by atoms with E-state index in [-0.39, 0.29) is 0 Å². The van der Waals surface area contributed by atoms with Crippen LogP contribution in [-0.4, -0.2) is 57.9 Å². The molecule has 4 nitrogen and oxygen atoms in total. The van der Waals surface area contributed by atoms with Gasteiger partial charge in [0.2, 0.25) is 0 Å². The zero-order valence-corrected chi connectivity index (χ0v) is 13.9. The summed E-state index contributed by atoms with van der Waals surface area (Å²) in [6.07, 6.45) is 0.999. The molecule has 1 atom stereocenters. The van der Waals surface area contributed by atoms with Gasteiger partial charge < -0.3 is 19.7 Å². The van der Waals surface area contributed by atoms with Gasteiger partial charge in [-0.2, -0.15) is 0 Å². The average molecular weight is 294 g/mol. The molecule has 120 valence electrons. The van der Waals surface area contributed by atoms with Crippen LogP contribution in [0.25, 0.3) is 0 Å². The highest BCUT2D eigenvalue weighted by Gasteiger charge is 2.12. The Kier molecular flexibility index (Phi) is 9.06. The number of nitrogens with zero attached hydrogens (tertiary/aromatic N) is 1. The van der Waals surface area contributed by atoms with Gasteiger partial charge in [-0.1, -0.05) is 18.2 Å². The molecular formula is C17H30N2O2. The fourth-order valence-electron chi connectivity index (χ4n) is 2.24. The molecule has 4 heteroatoms. The minimum Gasteiger partial charge on any atom is -0.496 e. The summed E-state index contributed by atoms with van der Waals surface area (Å²) in [5.41, 5.74) is 1.27.